The fraction of sp³-hybridized carbons (Fsp3) is 0.364. The first-order valence-corrected chi connectivity index (χ1v) is 10.5. The molecule has 3 rings (SSSR count). The van der Waals surface area contributed by atoms with E-state index in [-0.39, 0.29) is 35.9 Å². The van der Waals surface area contributed by atoms with Gasteiger partial charge in [-0.25, -0.2) is 0 Å². The molecule has 0 N–H and O–H groups in total. The second-order valence-corrected chi connectivity index (χ2v) is 7.96. The molecule has 0 unspecified atom stereocenters. The summed E-state index contributed by atoms with van der Waals surface area (Å²) < 4.78 is 40.5. The number of hydrogen-bond donors (Lipinski definition) is 0. The first-order chi connectivity index (χ1) is 14.9. The molecule has 166 valence electrons. The Morgan fingerprint density at radius 2 is 1.77 bits per heavy atom. The molecular weight excluding hydrogens is 476 g/mol. The highest BCUT2D eigenvalue weighted by Crippen LogP contribution is 2.30. The van der Waals surface area contributed by atoms with Gasteiger partial charge in [-0.05, 0) is 54.8 Å². The van der Waals surface area contributed by atoms with Crippen molar-refractivity contribution in [1.82, 2.24) is 4.90 Å². The lowest BCUT2D eigenvalue weighted by molar-refractivity contribution is -0.151. The minimum absolute atomic E-state index is 0.0117. The number of amides is 1. The molecule has 0 aliphatic carbocycles. The number of carbonyl (C=O) groups excluding carboxylic acids is 2. The molecule has 0 aromatic heterocycles. The zero-order valence-electron chi connectivity index (χ0n) is 16.9. The molecular formula is C22H22BrF2NO5. The highest BCUT2D eigenvalue weighted by molar-refractivity contribution is 9.10. The van der Waals surface area contributed by atoms with Crippen molar-refractivity contribution in [2.24, 2.45) is 5.92 Å². The van der Waals surface area contributed by atoms with E-state index in [1.165, 1.54) is 25.3 Å². The van der Waals surface area contributed by atoms with E-state index in [1.54, 1.807) is 17.0 Å². The van der Waals surface area contributed by atoms with Crippen LogP contribution in [0.1, 0.15) is 28.8 Å². The molecule has 6 nitrogen and oxygen atoms in total. The summed E-state index contributed by atoms with van der Waals surface area (Å²) in [5.41, 5.74) is 1.20. The number of methoxy groups -OCH3 is 1. The molecule has 9 heteroatoms. The van der Waals surface area contributed by atoms with Crippen LogP contribution in [-0.4, -0.2) is 43.6 Å². The summed E-state index contributed by atoms with van der Waals surface area (Å²) in [6.07, 6.45) is 1.04. The average Bonchev–Trinajstić information content (AvgIpc) is 2.78. The van der Waals surface area contributed by atoms with E-state index in [4.69, 9.17) is 9.47 Å². The summed E-state index contributed by atoms with van der Waals surface area (Å²) >= 11 is 3.35. The Hall–Kier alpha value is -2.68. The molecule has 0 spiro atoms. The molecule has 0 bridgehead atoms. The summed E-state index contributed by atoms with van der Waals surface area (Å²) in [5, 5.41) is 0. The topological polar surface area (TPSA) is 65.1 Å². The molecule has 2 aromatic rings. The third kappa shape index (κ3) is 6.16. The molecule has 1 aliphatic heterocycles. The zero-order chi connectivity index (χ0) is 22.4. The maximum Gasteiger partial charge on any atom is 0.387 e. The number of likely N-dealkylation sites (tertiary alicyclic amines) is 1. The molecule has 2 aromatic carbocycles. The summed E-state index contributed by atoms with van der Waals surface area (Å²) in [5.74, 6) is -0.651. The lowest BCUT2D eigenvalue weighted by Crippen LogP contribution is -2.40. The van der Waals surface area contributed by atoms with Crippen LogP contribution in [0.5, 0.6) is 11.5 Å². The van der Waals surface area contributed by atoms with E-state index in [2.05, 4.69) is 20.7 Å². The number of esters is 1. The molecule has 1 aliphatic rings. The number of alkyl halides is 2. The quantitative estimate of drug-likeness (QED) is 0.520. The molecule has 1 amide bonds. The largest absolute Gasteiger partial charge is 0.493 e. The highest BCUT2D eigenvalue weighted by Gasteiger charge is 2.29. The van der Waals surface area contributed by atoms with Gasteiger partial charge >= 0.3 is 12.6 Å². The van der Waals surface area contributed by atoms with Gasteiger partial charge in [0.05, 0.1) is 13.0 Å². The fourth-order valence-corrected chi connectivity index (χ4v) is 3.63. The minimum atomic E-state index is -2.96. The van der Waals surface area contributed by atoms with Gasteiger partial charge in [-0.3, -0.25) is 9.59 Å². The normalized spacial score (nSPS) is 14.4. The smallest absolute Gasteiger partial charge is 0.387 e. The highest BCUT2D eigenvalue weighted by atomic mass is 79.9. The Morgan fingerprint density at radius 3 is 2.39 bits per heavy atom. The van der Waals surface area contributed by atoms with Crippen LogP contribution in [0, 0.1) is 5.92 Å². The van der Waals surface area contributed by atoms with Gasteiger partial charge < -0.3 is 19.1 Å². The van der Waals surface area contributed by atoms with Crippen LogP contribution in [0.15, 0.2) is 46.9 Å². The monoisotopic (exact) mass is 497 g/mol. The number of piperidine rings is 1. The van der Waals surface area contributed by atoms with Gasteiger partial charge in [0.25, 0.3) is 5.91 Å². The third-order valence-electron chi connectivity index (χ3n) is 5.03. The molecule has 1 fully saturated rings. The van der Waals surface area contributed by atoms with Gasteiger partial charge in [-0.1, -0.05) is 22.0 Å². The van der Waals surface area contributed by atoms with Gasteiger partial charge in [0.2, 0.25) is 0 Å². The predicted molar refractivity (Wildman–Crippen MR) is 112 cm³/mol. The van der Waals surface area contributed by atoms with E-state index in [0.29, 0.717) is 37.1 Å². The maximum atomic E-state index is 12.6. The molecule has 1 saturated heterocycles. The van der Waals surface area contributed by atoms with Crippen LogP contribution in [0.4, 0.5) is 8.78 Å². The molecule has 0 saturated carbocycles. The van der Waals surface area contributed by atoms with Crippen molar-refractivity contribution in [3.05, 3.63) is 58.1 Å². The second kappa shape index (κ2) is 10.6. The first kappa shape index (κ1) is 23.0. The third-order valence-corrected chi connectivity index (χ3v) is 5.56. The Labute approximate surface area is 187 Å². The van der Waals surface area contributed by atoms with Crippen LogP contribution < -0.4 is 9.47 Å². The van der Waals surface area contributed by atoms with Crippen molar-refractivity contribution >= 4 is 27.8 Å². The van der Waals surface area contributed by atoms with Gasteiger partial charge in [0.1, 0.15) is 6.61 Å². The zero-order valence-corrected chi connectivity index (χ0v) is 18.4. The van der Waals surface area contributed by atoms with Crippen LogP contribution in [0.25, 0.3) is 0 Å². The van der Waals surface area contributed by atoms with E-state index in [9.17, 15) is 18.4 Å². The van der Waals surface area contributed by atoms with Crippen LogP contribution in [-0.2, 0) is 16.1 Å². The fourth-order valence-electron chi connectivity index (χ4n) is 3.36. The van der Waals surface area contributed by atoms with Gasteiger partial charge in [0, 0.05) is 23.1 Å². The number of nitrogens with zero attached hydrogens (tertiary/aromatic N) is 1. The number of hydrogen-bond acceptors (Lipinski definition) is 5. The van der Waals surface area contributed by atoms with E-state index >= 15 is 0 Å². The van der Waals surface area contributed by atoms with E-state index < -0.39 is 6.61 Å². The summed E-state index contributed by atoms with van der Waals surface area (Å²) in [6, 6.07) is 11.5. The Balaban J connectivity index is 1.50. The number of ether oxygens (including phenoxy) is 3. The maximum absolute atomic E-state index is 12.6. The lowest BCUT2D eigenvalue weighted by Gasteiger charge is -2.31. The van der Waals surface area contributed by atoms with Crippen molar-refractivity contribution in [1.29, 1.82) is 0 Å². The second-order valence-electron chi connectivity index (χ2n) is 7.04. The number of rotatable bonds is 7. The summed E-state index contributed by atoms with van der Waals surface area (Å²) in [4.78, 5) is 26.8. The molecule has 0 atom stereocenters. The number of carbonyl (C=O) groups is 2. The number of halogens is 3. The average molecular weight is 498 g/mol. The summed E-state index contributed by atoms with van der Waals surface area (Å²) in [6.45, 7) is -2.02. The van der Waals surface area contributed by atoms with E-state index in [1.807, 2.05) is 12.1 Å². The minimum Gasteiger partial charge on any atom is -0.493 e. The van der Waals surface area contributed by atoms with Crippen molar-refractivity contribution in [3.8, 4) is 11.5 Å². The molecule has 0 radical (unpaired) electrons. The predicted octanol–water partition coefficient (Wildman–Crippen LogP) is 4.65. The van der Waals surface area contributed by atoms with Crippen molar-refractivity contribution < 1.29 is 32.6 Å². The molecule has 1 heterocycles. The van der Waals surface area contributed by atoms with Crippen molar-refractivity contribution in [2.75, 3.05) is 20.2 Å². The van der Waals surface area contributed by atoms with Crippen LogP contribution in [0.3, 0.4) is 0 Å². The van der Waals surface area contributed by atoms with Gasteiger partial charge in [-0.15, -0.1) is 0 Å². The molecule has 31 heavy (non-hydrogen) atoms. The van der Waals surface area contributed by atoms with Gasteiger partial charge in [-0.2, -0.15) is 8.78 Å². The SMILES string of the molecule is COc1cc(COC(=O)C2CCN(C(=O)c3ccc(Br)cc3)CC2)ccc1OC(F)F. The van der Waals surface area contributed by atoms with Crippen molar-refractivity contribution in [3.63, 3.8) is 0 Å². The van der Waals surface area contributed by atoms with Crippen LogP contribution >= 0.6 is 15.9 Å². The van der Waals surface area contributed by atoms with Gasteiger partial charge in [0.15, 0.2) is 11.5 Å². The first-order valence-electron chi connectivity index (χ1n) is 9.70. The van der Waals surface area contributed by atoms with Crippen LogP contribution in [0.2, 0.25) is 0 Å². The Kier molecular flexibility index (Phi) is 7.84. The Morgan fingerprint density at radius 1 is 1.10 bits per heavy atom. The van der Waals surface area contributed by atoms with Crippen molar-refractivity contribution in [2.45, 2.75) is 26.1 Å². The Bertz CT molecular complexity index is 915. The number of benzene rings is 2. The standard InChI is InChI=1S/C22H22BrF2NO5/c1-29-19-12-14(2-7-18(19)31-22(24)25)13-30-21(28)16-8-10-26(11-9-16)20(27)15-3-5-17(23)6-4-15/h2-7,12,16,22H,8-11,13H2,1H3. The van der Waals surface area contributed by atoms with E-state index in [0.717, 1.165) is 4.47 Å². The summed E-state index contributed by atoms with van der Waals surface area (Å²) in [7, 11) is 1.34. The lowest BCUT2D eigenvalue weighted by atomic mass is 9.96.